The highest BCUT2D eigenvalue weighted by Crippen LogP contribution is 2.27. The van der Waals surface area contributed by atoms with E-state index in [9.17, 15) is 18.0 Å². The van der Waals surface area contributed by atoms with E-state index in [0.29, 0.717) is 22.2 Å². The number of nitrogens with one attached hydrogen (secondary N) is 2. The quantitative estimate of drug-likeness (QED) is 0.161. The number of anilines is 1. The van der Waals surface area contributed by atoms with Crippen LogP contribution in [-0.2, 0) is 26.0 Å². The fourth-order valence-electron chi connectivity index (χ4n) is 4.55. The molecule has 0 bridgehead atoms. The summed E-state index contributed by atoms with van der Waals surface area (Å²) in [6, 6.07) is 22.5. The Kier molecular flexibility index (Phi) is 10.4. The highest BCUT2D eigenvalue weighted by atomic mass is 35.5. The van der Waals surface area contributed by atoms with Crippen molar-refractivity contribution in [2.75, 3.05) is 18.4 Å². The Hall–Kier alpha value is -3.96. The van der Waals surface area contributed by atoms with Crippen LogP contribution in [0.25, 0.3) is 5.69 Å². The molecule has 2 N–H and O–H groups in total. The van der Waals surface area contributed by atoms with E-state index in [0.717, 1.165) is 32.5 Å². The monoisotopic (exact) mass is 639 g/mol. The third-order valence-electron chi connectivity index (χ3n) is 6.65. The van der Waals surface area contributed by atoms with Crippen LogP contribution >= 0.6 is 23.2 Å². The summed E-state index contributed by atoms with van der Waals surface area (Å²) in [5.74, 6) is -0.866. The lowest BCUT2D eigenvalue weighted by Crippen LogP contribution is -2.40. The largest absolute Gasteiger partial charge is 0.326 e. The molecule has 0 atom stereocenters. The van der Waals surface area contributed by atoms with E-state index in [2.05, 4.69) is 15.8 Å². The van der Waals surface area contributed by atoms with Crippen molar-refractivity contribution in [3.05, 3.63) is 111 Å². The molecule has 1 aromatic heterocycles. The van der Waals surface area contributed by atoms with Crippen molar-refractivity contribution >= 4 is 56.9 Å². The average molecular weight is 641 g/mol. The van der Waals surface area contributed by atoms with E-state index in [1.807, 2.05) is 60.9 Å². The number of amides is 2. The zero-order chi connectivity index (χ0) is 31.1. The number of rotatable bonds is 11. The number of hydrazone groups is 1. The summed E-state index contributed by atoms with van der Waals surface area (Å²) in [6.45, 7) is 4.84. The maximum absolute atomic E-state index is 13.6. The van der Waals surface area contributed by atoms with Crippen LogP contribution in [0.1, 0.15) is 29.4 Å². The third kappa shape index (κ3) is 8.11. The second kappa shape index (κ2) is 14.0. The minimum absolute atomic E-state index is 0.000655. The van der Waals surface area contributed by atoms with Crippen LogP contribution < -0.4 is 10.7 Å². The molecule has 0 aliphatic heterocycles. The summed E-state index contributed by atoms with van der Waals surface area (Å²) in [5.41, 5.74) is 7.23. The molecule has 43 heavy (non-hydrogen) atoms. The number of hydrogen-bond acceptors (Lipinski definition) is 5. The van der Waals surface area contributed by atoms with Crippen LogP contribution in [0.5, 0.6) is 0 Å². The van der Waals surface area contributed by atoms with Crippen molar-refractivity contribution in [1.29, 1.82) is 0 Å². The number of carbonyl (C=O) groups is 2. The van der Waals surface area contributed by atoms with Crippen LogP contribution in [0.2, 0.25) is 10.0 Å². The van der Waals surface area contributed by atoms with Gasteiger partial charge in [0, 0.05) is 41.8 Å². The number of hydrogen-bond donors (Lipinski definition) is 2. The molecule has 12 heteroatoms. The highest BCUT2D eigenvalue weighted by molar-refractivity contribution is 7.89. The van der Waals surface area contributed by atoms with E-state index < -0.39 is 22.5 Å². The van der Waals surface area contributed by atoms with Crippen LogP contribution in [0.15, 0.2) is 88.9 Å². The smallest absolute Gasteiger partial charge is 0.255 e. The van der Waals surface area contributed by atoms with Crippen molar-refractivity contribution in [3.8, 4) is 5.69 Å². The lowest BCUT2D eigenvalue weighted by molar-refractivity contribution is -0.121. The van der Waals surface area contributed by atoms with Crippen LogP contribution in [-0.4, -0.2) is 48.4 Å². The summed E-state index contributed by atoms with van der Waals surface area (Å²) in [4.78, 5) is 24.3. The van der Waals surface area contributed by atoms with E-state index >= 15 is 0 Å². The maximum Gasteiger partial charge on any atom is 0.255 e. The van der Waals surface area contributed by atoms with Gasteiger partial charge in [-0.15, -0.1) is 0 Å². The number of nitrogens with zero attached hydrogens (tertiary/aromatic N) is 3. The Balaban J connectivity index is 1.50. The number of benzene rings is 3. The number of aryl methyl sites for hydroxylation is 1. The van der Waals surface area contributed by atoms with Crippen molar-refractivity contribution < 1.29 is 18.0 Å². The molecule has 224 valence electrons. The molecule has 0 saturated carbocycles. The SMILES string of the molecule is CC(=O)Nc1ccc(S(=O)(=O)N(CCc2ccccc2)CC(=O)N/N=C/c2cc(C)n(-c3ccc(Cl)c(Cl)c3)c2C)cc1. The first-order chi connectivity index (χ1) is 20.5. The minimum atomic E-state index is -4.05. The zero-order valence-corrected chi connectivity index (χ0v) is 26.2. The molecule has 9 nitrogen and oxygen atoms in total. The Morgan fingerprint density at radius 3 is 2.30 bits per heavy atom. The van der Waals surface area contributed by atoms with Crippen molar-refractivity contribution in [2.45, 2.75) is 32.1 Å². The van der Waals surface area contributed by atoms with Gasteiger partial charge in [0.05, 0.1) is 27.7 Å². The van der Waals surface area contributed by atoms with E-state index in [4.69, 9.17) is 23.2 Å². The molecule has 4 aromatic rings. The molecule has 0 fully saturated rings. The van der Waals surface area contributed by atoms with Gasteiger partial charge in [0.25, 0.3) is 5.91 Å². The fraction of sp³-hybridized carbons (Fsp3) is 0.194. The van der Waals surface area contributed by atoms with Gasteiger partial charge in [-0.1, -0.05) is 53.5 Å². The second-order valence-electron chi connectivity index (χ2n) is 9.83. The lowest BCUT2D eigenvalue weighted by Gasteiger charge is -2.21. The minimum Gasteiger partial charge on any atom is -0.326 e. The summed E-state index contributed by atoms with van der Waals surface area (Å²) >= 11 is 12.3. The fourth-order valence-corrected chi connectivity index (χ4v) is 6.24. The van der Waals surface area contributed by atoms with Crippen molar-refractivity contribution in [1.82, 2.24) is 14.3 Å². The molecule has 3 aromatic carbocycles. The van der Waals surface area contributed by atoms with E-state index in [-0.39, 0.29) is 17.3 Å². The van der Waals surface area contributed by atoms with Gasteiger partial charge in [0.2, 0.25) is 15.9 Å². The topological polar surface area (TPSA) is 113 Å². The van der Waals surface area contributed by atoms with Gasteiger partial charge < -0.3 is 9.88 Å². The maximum atomic E-state index is 13.6. The van der Waals surface area contributed by atoms with E-state index in [1.165, 1.54) is 37.4 Å². The first-order valence-electron chi connectivity index (χ1n) is 13.3. The summed E-state index contributed by atoms with van der Waals surface area (Å²) in [6.07, 6.45) is 1.92. The zero-order valence-electron chi connectivity index (χ0n) is 23.8. The predicted octanol–water partition coefficient (Wildman–Crippen LogP) is 5.74. The van der Waals surface area contributed by atoms with Gasteiger partial charge in [-0.3, -0.25) is 9.59 Å². The van der Waals surface area contributed by atoms with Crippen LogP contribution in [0.4, 0.5) is 5.69 Å². The van der Waals surface area contributed by atoms with Crippen molar-refractivity contribution in [2.24, 2.45) is 5.10 Å². The molecule has 2 amide bonds. The van der Waals surface area contributed by atoms with Gasteiger partial charge in [-0.05, 0) is 74.4 Å². The normalized spacial score (nSPS) is 11.7. The van der Waals surface area contributed by atoms with E-state index in [1.54, 1.807) is 12.1 Å². The van der Waals surface area contributed by atoms with Crippen molar-refractivity contribution in [3.63, 3.8) is 0 Å². The number of aromatic nitrogens is 1. The average Bonchev–Trinajstić information content (AvgIpc) is 3.25. The Morgan fingerprint density at radius 1 is 0.953 bits per heavy atom. The molecular formula is C31H31Cl2N5O4S. The first kappa shape index (κ1) is 32.0. The standard InChI is InChI=1S/C31H31Cl2N5O4S/c1-21-17-25(22(2)38(21)27-11-14-29(32)30(33)18-27)19-34-36-31(40)20-37(16-15-24-7-5-4-6-8-24)43(41,42)28-12-9-26(10-13-28)35-23(3)39/h4-14,17-19H,15-16,20H2,1-3H3,(H,35,39)(H,36,40)/b34-19+. The Labute approximate surface area is 261 Å². The molecular weight excluding hydrogens is 609 g/mol. The summed E-state index contributed by atoms with van der Waals surface area (Å²) < 4.78 is 30.3. The van der Waals surface area contributed by atoms with Gasteiger partial charge in [0.1, 0.15) is 0 Å². The van der Waals surface area contributed by atoms with Gasteiger partial charge in [-0.25, -0.2) is 13.8 Å². The molecule has 0 saturated heterocycles. The molecule has 0 spiro atoms. The number of sulfonamides is 1. The molecule has 4 rings (SSSR count). The Bertz CT molecular complexity index is 1750. The van der Waals surface area contributed by atoms with Crippen LogP contribution in [0.3, 0.4) is 0 Å². The number of carbonyl (C=O) groups excluding carboxylic acids is 2. The molecule has 0 unspecified atom stereocenters. The summed E-state index contributed by atoms with van der Waals surface area (Å²) in [7, 11) is -4.05. The molecule has 0 radical (unpaired) electrons. The molecule has 0 aliphatic rings. The van der Waals surface area contributed by atoms with Crippen LogP contribution in [0, 0.1) is 13.8 Å². The van der Waals surface area contributed by atoms with Gasteiger partial charge in [-0.2, -0.15) is 9.41 Å². The van der Waals surface area contributed by atoms with Gasteiger partial charge >= 0.3 is 0 Å². The predicted molar refractivity (Wildman–Crippen MR) is 171 cm³/mol. The third-order valence-corrected chi connectivity index (χ3v) is 9.25. The Morgan fingerprint density at radius 2 is 1.65 bits per heavy atom. The summed E-state index contributed by atoms with van der Waals surface area (Å²) in [5, 5.41) is 7.60. The second-order valence-corrected chi connectivity index (χ2v) is 12.6. The lowest BCUT2D eigenvalue weighted by atomic mass is 10.1. The molecule has 1 heterocycles. The highest BCUT2D eigenvalue weighted by Gasteiger charge is 2.26. The van der Waals surface area contributed by atoms with Gasteiger partial charge in [0.15, 0.2) is 0 Å². The molecule has 0 aliphatic carbocycles. The number of halogens is 2. The first-order valence-corrected chi connectivity index (χ1v) is 15.5.